The first-order valence-corrected chi connectivity index (χ1v) is 13.9. The molecule has 1 heterocycles. The van der Waals surface area contributed by atoms with Gasteiger partial charge in [0.2, 0.25) is 11.8 Å². The van der Waals surface area contributed by atoms with E-state index in [9.17, 15) is 24.0 Å². The number of hydrogen-bond donors (Lipinski definition) is 2. The molecule has 3 unspecified atom stereocenters. The Bertz CT molecular complexity index is 1110. The third-order valence-corrected chi connectivity index (χ3v) is 7.91. The van der Waals surface area contributed by atoms with Gasteiger partial charge >= 0.3 is 6.09 Å². The van der Waals surface area contributed by atoms with Crippen LogP contribution in [0.1, 0.15) is 64.9 Å². The van der Waals surface area contributed by atoms with Crippen LogP contribution in [0, 0.1) is 17.8 Å². The number of benzene rings is 1. The number of amides is 4. The number of nitrogens with one attached hydrogen (secondary N) is 1. The third-order valence-electron chi connectivity index (χ3n) is 7.91. The summed E-state index contributed by atoms with van der Waals surface area (Å²) >= 11 is 0. The molecule has 0 aromatic heterocycles. The first-order chi connectivity index (χ1) is 18.5. The zero-order chi connectivity index (χ0) is 28.3. The minimum Gasteiger partial charge on any atom is -0.444 e. The van der Waals surface area contributed by atoms with E-state index >= 15 is 0 Å². The second-order valence-electron chi connectivity index (χ2n) is 12.0. The van der Waals surface area contributed by atoms with Crippen molar-refractivity contribution in [3.63, 3.8) is 0 Å². The van der Waals surface area contributed by atoms with Gasteiger partial charge < -0.3 is 25.5 Å². The number of alkyl carbamates (subject to hydrolysis) is 1. The van der Waals surface area contributed by atoms with Gasteiger partial charge in [-0.1, -0.05) is 37.5 Å². The van der Waals surface area contributed by atoms with E-state index < -0.39 is 29.7 Å². The topological polar surface area (TPSA) is 139 Å². The van der Waals surface area contributed by atoms with Crippen LogP contribution >= 0.6 is 0 Å². The molecule has 4 amide bonds. The van der Waals surface area contributed by atoms with Crippen LogP contribution in [0.4, 0.5) is 10.5 Å². The van der Waals surface area contributed by atoms with E-state index in [0.29, 0.717) is 24.8 Å². The fourth-order valence-corrected chi connectivity index (χ4v) is 5.93. The van der Waals surface area contributed by atoms with E-state index in [1.807, 2.05) is 18.2 Å². The Hall–Kier alpha value is -3.43. The van der Waals surface area contributed by atoms with Gasteiger partial charge in [-0.05, 0) is 63.5 Å². The Labute approximate surface area is 229 Å². The SMILES string of the molecule is CC(C)(C)OC(=O)NC(C(=O)N1c2ccccc2C[C@H]1C(=O)N(CC=O)CC1CC1C(N)=O)C1CCCCC1. The smallest absolute Gasteiger partial charge is 0.408 e. The van der Waals surface area contributed by atoms with Crippen molar-refractivity contribution in [2.24, 2.45) is 23.5 Å². The van der Waals surface area contributed by atoms with Gasteiger partial charge in [-0.2, -0.15) is 0 Å². The molecule has 1 aromatic carbocycles. The molecule has 2 aliphatic carbocycles. The van der Waals surface area contributed by atoms with Crippen molar-refractivity contribution in [1.29, 1.82) is 0 Å². The van der Waals surface area contributed by atoms with E-state index in [0.717, 1.165) is 37.7 Å². The molecule has 0 radical (unpaired) electrons. The summed E-state index contributed by atoms with van der Waals surface area (Å²) in [7, 11) is 0. The second-order valence-corrected chi connectivity index (χ2v) is 12.0. The normalized spacial score (nSPS) is 23.4. The average molecular weight is 541 g/mol. The lowest BCUT2D eigenvalue weighted by Crippen LogP contribution is -2.58. The second kappa shape index (κ2) is 11.8. The highest BCUT2D eigenvalue weighted by Gasteiger charge is 2.47. The van der Waals surface area contributed by atoms with Crippen molar-refractivity contribution in [1.82, 2.24) is 10.2 Å². The highest BCUT2D eigenvalue weighted by atomic mass is 16.6. The molecule has 4 atom stereocenters. The van der Waals surface area contributed by atoms with Gasteiger partial charge in [0.25, 0.3) is 5.91 Å². The fraction of sp³-hybridized carbons (Fsp3) is 0.621. The fourth-order valence-electron chi connectivity index (χ4n) is 5.93. The van der Waals surface area contributed by atoms with E-state index in [1.54, 1.807) is 26.8 Å². The average Bonchev–Trinajstić information content (AvgIpc) is 3.55. The number of rotatable bonds is 9. The van der Waals surface area contributed by atoms with E-state index in [2.05, 4.69) is 5.32 Å². The first-order valence-electron chi connectivity index (χ1n) is 13.9. The molecular formula is C29H40N4O6. The highest BCUT2D eigenvalue weighted by Crippen LogP contribution is 2.40. The van der Waals surface area contributed by atoms with Crippen LogP contribution in [0.15, 0.2) is 24.3 Å². The number of carbonyl (C=O) groups excluding carboxylic acids is 5. The Balaban J connectivity index is 1.62. The summed E-state index contributed by atoms with van der Waals surface area (Å²) in [6.45, 7) is 5.37. The zero-order valence-corrected chi connectivity index (χ0v) is 23.1. The minimum absolute atomic E-state index is 0.0869. The summed E-state index contributed by atoms with van der Waals surface area (Å²) in [6, 6.07) is 5.63. The molecule has 10 nitrogen and oxygen atoms in total. The van der Waals surface area contributed by atoms with Gasteiger partial charge in [-0.25, -0.2) is 4.79 Å². The molecule has 2 fully saturated rings. The molecule has 39 heavy (non-hydrogen) atoms. The zero-order valence-electron chi connectivity index (χ0n) is 23.1. The monoisotopic (exact) mass is 540 g/mol. The number of ether oxygens (including phenoxy) is 1. The number of carbonyl (C=O) groups is 5. The van der Waals surface area contributed by atoms with Crippen molar-refractivity contribution in [3.8, 4) is 0 Å². The molecule has 1 aromatic rings. The Morgan fingerprint density at radius 3 is 2.46 bits per heavy atom. The Morgan fingerprint density at radius 2 is 1.85 bits per heavy atom. The minimum atomic E-state index is -0.868. The lowest BCUT2D eigenvalue weighted by molar-refractivity contribution is -0.136. The van der Waals surface area contributed by atoms with Gasteiger partial charge in [0.1, 0.15) is 24.0 Å². The third kappa shape index (κ3) is 6.78. The van der Waals surface area contributed by atoms with Crippen LogP contribution in [0.5, 0.6) is 0 Å². The lowest BCUT2D eigenvalue weighted by atomic mass is 9.83. The first kappa shape index (κ1) is 28.6. The van der Waals surface area contributed by atoms with Gasteiger partial charge in [-0.15, -0.1) is 0 Å². The summed E-state index contributed by atoms with van der Waals surface area (Å²) in [4.78, 5) is 67.1. The van der Waals surface area contributed by atoms with Gasteiger partial charge in [0, 0.05) is 24.6 Å². The van der Waals surface area contributed by atoms with Crippen LogP contribution in [0.25, 0.3) is 0 Å². The summed E-state index contributed by atoms with van der Waals surface area (Å²) < 4.78 is 5.49. The molecule has 0 bridgehead atoms. The van der Waals surface area contributed by atoms with Crippen molar-refractivity contribution >= 4 is 35.8 Å². The predicted molar refractivity (Wildman–Crippen MR) is 145 cm³/mol. The predicted octanol–water partition coefficient (Wildman–Crippen LogP) is 2.57. The summed E-state index contributed by atoms with van der Waals surface area (Å²) in [5.41, 5.74) is 6.16. The van der Waals surface area contributed by atoms with E-state index in [4.69, 9.17) is 10.5 Å². The van der Waals surface area contributed by atoms with Gasteiger partial charge in [0.15, 0.2) is 0 Å². The molecule has 3 N–H and O–H groups in total. The van der Waals surface area contributed by atoms with Crippen molar-refractivity contribution in [2.75, 3.05) is 18.0 Å². The van der Waals surface area contributed by atoms with E-state index in [1.165, 1.54) is 9.80 Å². The lowest BCUT2D eigenvalue weighted by Gasteiger charge is -2.36. The Kier molecular flexibility index (Phi) is 8.61. The highest BCUT2D eigenvalue weighted by molar-refractivity contribution is 6.06. The number of para-hydroxylation sites is 1. The summed E-state index contributed by atoms with van der Waals surface area (Å²) in [6.07, 6.45) is 5.42. The number of nitrogens with zero attached hydrogens (tertiary/aromatic N) is 2. The molecular weight excluding hydrogens is 500 g/mol. The number of hydrogen-bond acceptors (Lipinski definition) is 6. The Morgan fingerprint density at radius 1 is 1.15 bits per heavy atom. The summed E-state index contributed by atoms with van der Waals surface area (Å²) in [5, 5.41) is 2.84. The van der Waals surface area contributed by atoms with Gasteiger partial charge in [-0.3, -0.25) is 19.3 Å². The molecule has 1 aliphatic heterocycles. The van der Waals surface area contributed by atoms with Gasteiger partial charge in [0.05, 0.1) is 6.54 Å². The van der Waals surface area contributed by atoms with Crippen molar-refractivity contribution < 1.29 is 28.7 Å². The standard InChI is InChI=1S/C29H40N4O6/c1-29(2,3)39-28(38)31-24(18-9-5-4-6-10-18)27(37)33-22-12-8-7-11-19(22)16-23(33)26(36)32(13-14-34)17-20-15-21(20)25(30)35/h7-8,11-12,14,18,20-21,23-24H,4-6,9-10,13,15-17H2,1-3H3,(H2,30,35)(H,31,38)/t20?,21?,23-,24?/m0/s1. The molecule has 3 aliphatic rings. The molecule has 4 rings (SSSR count). The molecule has 0 saturated heterocycles. The molecule has 212 valence electrons. The largest absolute Gasteiger partial charge is 0.444 e. The van der Waals surface area contributed by atoms with Crippen LogP contribution < -0.4 is 16.0 Å². The molecule has 2 saturated carbocycles. The maximum Gasteiger partial charge on any atom is 0.408 e. The maximum atomic E-state index is 14.3. The number of fused-ring (bicyclic) bond motifs is 1. The van der Waals surface area contributed by atoms with Crippen LogP contribution in [0.3, 0.4) is 0 Å². The molecule has 0 spiro atoms. The van der Waals surface area contributed by atoms with E-state index in [-0.39, 0.29) is 42.7 Å². The van der Waals surface area contributed by atoms with Crippen molar-refractivity contribution in [2.45, 2.75) is 83.4 Å². The number of primary amides is 1. The van der Waals surface area contributed by atoms with Crippen LogP contribution in [0.2, 0.25) is 0 Å². The van der Waals surface area contributed by atoms with Crippen LogP contribution in [-0.4, -0.2) is 65.8 Å². The number of nitrogens with two attached hydrogens (primary N) is 1. The van der Waals surface area contributed by atoms with Crippen molar-refractivity contribution in [3.05, 3.63) is 29.8 Å². The van der Waals surface area contributed by atoms with Crippen LogP contribution in [-0.2, 0) is 30.3 Å². The number of aldehydes is 1. The number of anilines is 1. The molecule has 10 heteroatoms. The summed E-state index contributed by atoms with van der Waals surface area (Å²) in [5.74, 6) is -1.62. The maximum absolute atomic E-state index is 14.3. The quantitative estimate of drug-likeness (QED) is 0.462.